The zero-order valence-corrected chi connectivity index (χ0v) is 12.4. The number of carboxylic acids is 1. The van der Waals surface area contributed by atoms with E-state index in [1.54, 1.807) is 0 Å². The summed E-state index contributed by atoms with van der Waals surface area (Å²) in [6.45, 7) is 1.99. The van der Waals surface area contributed by atoms with Gasteiger partial charge in [0, 0.05) is 24.6 Å². The number of nitrogens with zero attached hydrogens (tertiary/aromatic N) is 1. The van der Waals surface area contributed by atoms with Crippen LogP contribution in [-0.2, 0) is 4.79 Å². The fourth-order valence-electron chi connectivity index (χ4n) is 3.28. The Morgan fingerprint density at radius 2 is 1.95 bits per heavy atom. The minimum atomic E-state index is -0.723. The van der Waals surface area contributed by atoms with E-state index in [9.17, 15) is 19.1 Å². The fraction of sp³-hybridized carbons (Fsp3) is 0.529. The Morgan fingerprint density at radius 1 is 1.27 bits per heavy atom. The first-order valence-corrected chi connectivity index (χ1v) is 7.76. The summed E-state index contributed by atoms with van der Waals surface area (Å²) in [4.78, 5) is 25.9. The predicted molar refractivity (Wildman–Crippen MR) is 79.2 cm³/mol. The van der Waals surface area contributed by atoms with E-state index in [4.69, 9.17) is 0 Å². The van der Waals surface area contributed by atoms with Gasteiger partial charge >= 0.3 is 5.97 Å². The average molecular weight is 305 g/mol. The van der Waals surface area contributed by atoms with Crippen LogP contribution in [0.15, 0.2) is 24.3 Å². The lowest BCUT2D eigenvalue weighted by molar-refractivity contribution is -0.144. The van der Waals surface area contributed by atoms with Crippen LogP contribution < -0.4 is 0 Å². The number of carboxylic acid groups (broad SMARTS) is 1. The predicted octanol–water partition coefficient (Wildman–Crippen LogP) is 2.59. The Labute approximate surface area is 128 Å². The summed E-state index contributed by atoms with van der Waals surface area (Å²) in [6.07, 6.45) is 3.17. The normalized spacial score (nSPS) is 24.0. The summed E-state index contributed by atoms with van der Waals surface area (Å²) in [6, 6.07) is 5.65. The van der Waals surface area contributed by atoms with E-state index in [2.05, 4.69) is 4.90 Å². The molecule has 1 atom stereocenters. The number of likely N-dealkylation sites (tertiary alicyclic amines) is 1. The second-order valence-electron chi connectivity index (χ2n) is 6.53. The van der Waals surface area contributed by atoms with E-state index >= 15 is 0 Å². The maximum Gasteiger partial charge on any atom is 0.310 e. The number of piperidine rings is 1. The van der Waals surface area contributed by atoms with E-state index in [1.807, 2.05) is 0 Å². The van der Waals surface area contributed by atoms with Gasteiger partial charge in [-0.25, -0.2) is 4.39 Å². The molecule has 0 radical (unpaired) electrons. The third-order valence-corrected chi connectivity index (χ3v) is 4.84. The molecule has 1 N–H and O–H groups in total. The molecule has 1 aromatic rings. The van der Waals surface area contributed by atoms with Gasteiger partial charge in [-0.15, -0.1) is 0 Å². The molecule has 22 heavy (non-hydrogen) atoms. The fourth-order valence-corrected chi connectivity index (χ4v) is 3.28. The van der Waals surface area contributed by atoms with Crippen LogP contribution in [0, 0.1) is 17.2 Å². The molecule has 5 heteroatoms. The van der Waals surface area contributed by atoms with Gasteiger partial charge in [0.25, 0.3) is 0 Å². The van der Waals surface area contributed by atoms with Crippen LogP contribution in [0.5, 0.6) is 0 Å². The number of Topliss-reactive ketones (excluding diaryl/α,β-unsaturated/α-hetero) is 1. The molecular formula is C17H20FNO3. The van der Waals surface area contributed by atoms with Crippen LogP contribution in [-0.4, -0.2) is 41.4 Å². The Balaban J connectivity index is 1.64. The smallest absolute Gasteiger partial charge is 0.310 e. The topological polar surface area (TPSA) is 57.6 Å². The van der Waals surface area contributed by atoms with Crippen molar-refractivity contribution in [2.75, 3.05) is 19.6 Å². The van der Waals surface area contributed by atoms with Crippen molar-refractivity contribution in [3.63, 3.8) is 0 Å². The van der Waals surface area contributed by atoms with Gasteiger partial charge in [0.15, 0.2) is 5.78 Å². The molecular weight excluding hydrogens is 285 g/mol. The number of hydrogen-bond acceptors (Lipinski definition) is 3. The third kappa shape index (κ3) is 3.04. The summed E-state index contributed by atoms with van der Waals surface area (Å²) < 4.78 is 12.9. The molecule has 2 aliphatic rings. The molecule has 1 aromatic carbocycles. The summed E-state index contributed by atoms with van der Waals surface area (Å²) in [7, 11) is 0. The Kier molecular flexibility index (Phi) is 4.00. The molecule has 1 unspecified atom stereocenters. The molecule has 1 heterocycles. The number of hydrogen-bond donors (Lipinski definition) is 1. The highest BCUT2D eigenvalue weighted by atomic mass is 19.1. The standard InChI is InChI=1S/C17H20FNO3/c18-14-5-3-12(4-6-14)15(20)13-2-1-9-19(10-13)11-17(7-8-17)16(21)22/h3-6,13H,1-2,7-11H2,(H,21,22). The molecule has 0 spiro atoms. The first-order chi connectivity index (χ1) is 10.5. The SMILES string of the molecule is O=C(c1ccc(F)cc1)C1CCCN(CC2(C(=O)O)CC2)C1. The van der Waals surface area contributed by atoms with Gasteiger partial charge in [0.1, 0.15) is 5.82 Å². The number of carbonyl (C=O) groups excluding carboxylic acids is 1. The third-order valence-electron chi connectivity index (χ3n) is 4.84. The first kappa shape index (κ1) is 15.2. The van der Waals surface area contributed by atoms with Crippen LogP contribution in [0.3, 0.4) is 0 Å². The van der Waals surface area contributed by atoms with Crippen LogP contribution in [0.1, 0.15) is 36.0 Å². The second kappa shape index (κ2) is 5.80. The minimum Gasteiger partial charge on any atom is -0.481 e. The lowest BCUT2D eigenvalue weighted by Crippen LogP contribution is -2.43. The van der Waals surface area contributed by atoms with Crippen LogP contribution in [0.2, 0.25) is 0 Å². The number of carbonyl (C=O) groups is 2. The van der Waals surface area contributed by atoms with E-state index < -0.39 is 11.4 Å². The molecule has 3 rings (SSSR count). The van der Waals surface area contributed by atoms with Gasteiger partial charge in [0.2, 0.25) is 0 Å². The molecule has 1 saturated carbocycles. The van der Waals surface area contributed by atoms with Crippen molar-refractivity contribution in [2.45, 2.75) is 25.7 Å². The van der Waals surface area contributed by atoms with Crippen LogP contribution in [0.25, 0.3) is 0 Å². The van der Waals surface area contributed by atoms with Crippen molar-refractivity contribution in [3.8, 4) is 0 Å². The highest BCUT2D eigenvalue weighted by Gasteiger charge is 2.51. The highest BCUT2D eigenvalue weighted by molar-refractivity contribution is 5.98. The van der Waals surface area contributed by atoms with E-state index in [0.29, 0.717) is 18.7 Å². The lowest BCUT2D eigenvalue weighted by Gasteiger charge is -2.33. The molecule has 118 valence electrons. The average Bonchev–Trinajstić information content (AvgIpc) is 3.28. The maximum absolute atomic E-state index is 12.9. The van der Waals surface area contributed by atoms with Crippen molar-refractivity contribution in [1.82, 2.24) is 4.90 Å². The van der Waals surface area contributed by atoms with Gasteiger partial charge in [-0.1, -0.05) is 0 Å². The van der Waals surface area contributed by atoms with Crippen molar-refractivity contribution in [2.24, 2.45) is 11.3 Å². The van der Waals surface area contributed by atoms with Crippen molar-refractivity contribution in [3.05, 3.63) is 35.6 Å². The van der Waals surface area contributed by atoms with E-state index in [0.717, 1.165) is 32.2 Å². The van der Waals surface area contributed by atoms with Crippen molar-refractivity contribution < 1.29 is 19.1 Å². The maximum atomic E-state index is 12.9. The number of halogens is 1. The largest absolute Gasteiger partial charge is 0.481 e. The Bertz CT molecular complexity index is 580. The van der Waals surface area contributed by atoms with E-state index in [-0.39, 0.29) is 17.5 Å². The monoisotopic (exact) mass is 305 g/mol. The van der Waals surface area contributed by atoms with Crippen LogP contribution in [0.4, 0.5) is 4.39 Å². The molecule has 1 aliphatic carbocycles. The number of rotatable bonds is 5. The summed E-state index contributed by atoms with van der Waals surface area (Å²) in [5, 5.41) is 9.28. The number of benzene rings is 1. The van der Waals surface area contributed by atoms with Gasteiger partial charge in [-0.05, 0) is 56.5 Å². The van der Waals surface area contributed by atoms with Crippen molar-refractivity contribution >= 4 is 11.8 Å². The Hall–Kier alpha value is -1.75. The minimum absolute atomic E-state index is 0.0323. The molecule has 2 fully saturated rings. The molecule has 0 bridgehead atoms. The zero-order valence-electron chi connectivity index (χ0n) is 12.4. The molecule has 0 amide bonds. The van der Waals surface area contributed by atoms with Gasteiger partial charge < -0.3 is 10.0 Å². The summed E-state index contributed by atoms with van der Waals surface area (Å²) in [5.41, 5.74) is -0.0477. The molecule has 4 nitrogen and oxygen atoms in total. The summed E-state index contributed by atoms with van der Waals surface area (Å²) in [5.74, 6) is -1.16. The number of ketones is 1. The zero-order chi connectivity index (χ0) is 15.7. The molecule has 1 saturated heterocycles. The van der Waals surface area contributed by atoms with Crippen LogP contribution >= 0.6 is 0 Å². The highest BCUT2D eigenvalue weighted by Crippen LogP contribution is 2.47. The van der Waals surface area contributed by atoms with Crippen molar-refractivity contribution in [1.29, 1.82) is 0 Å². The molecule has 0 aromatic heterocycles. The summed E-state index contributed by atoms with van der Waals surface area (Å²) >= 11 is 0. The van der Waals surface area contributed by atoms with E-state index in [1.165, 1.54) is 24.3 Å². The molecule has 1 aliphatic heterocycles. The Morgan fingerprint density at radius 3 is 2.55 bits per heavy atom. The number of aliphatic carboxylic acids is 1. The van der Waals surface area contributed by atoms with Gasteiger partial charge in [0.05, 0.1) is 5.41 Å². The lowest BCUT2D eigenvalue weighted by atomic mass is 9.89. The van der Waals surface area contributed by atoms with Gasteiger partial charge in [-0.3, -0.25) is 9.59 Å². The first-order valence-electron chi connectivity index (χ1n) is 7.76. The second-order valence-corrected chi connectivity index (χ2v) is 6.53. The quantitative estimate of drug-likeness (QED) is 0.850. The van der Waals surface area contributed by atoms with Gasteiger partial charge in [-0.2, -0.15) is 0 Å².